The number of aromatic nitrogens is 2. The highest BCUT2D eigenvalue weighted by Crippen LogP contribution is 2.40. The Bertz CT molecular complexity index is 598. The molecule has 0 aliphatic heterocycles. The molecule has 2 heterocycles. The minimum Gasteiger partial charge on any atom is -0.299 e. The molecule has 0 radical (unpaired) electrons. The minimum absolute atomic E-state index is 0.253. The number of carbonyl (C=O) groups excluding carboxylic acids is 1. The van der Waals surface area contributed by atoms with Crippen molar-refractivity contribution in [3.63, 3.8) is 0 Å². The zero-order chi connectivity index (χ0) is 15.0. The summed E-state index contributed by atoms with van der Waals surface area (Å²) in [5, 5.41) is 2.02. The van der Waals surface area contributed by atoms with Gasteiger partial charge in [0.2, 0.25) is 0 Å². The molecule has 2 aromatic rings. The quantitative estimate of drug-likeness (QED) is 0.844. The van der Waals surface area contributed by atoms with Crippen molar-refractivity contribution in [2.24, 2.45) is 17.3 Å². The van der Waals surface area contributed by atoms with Gasteiger partial charge in [0.25, 0.3) is 0 Å². The van der Waals surface area contributed by atoms with E-state index < -0.39 is 0 Å². The van der Waals surface area contributed by atoms with Crippen molar-refractivity contribution < 1.29 is 4.79 Å². The molecule has 0 saturated heterocycles. The number of ketones is 1. The van der Waals surface area contributed by atoms with Crippen LogP contribution in [-0.2, 0) is 11.2 Å². The molecular weight excluding hydrogens is 280 g/mol. The monoisotopic (exact) mass is 304 g/mol. The average molecular weight is 304 g/mol. The van der Waals surface area contributed by atoms with Crippen molar-refractivity contribution in [3.05, 3.63) is 23.5 Å². The van der Waals surface area contributed by atoms with Crippen molar-refractivity contribution >= 4 is 22.1 Å². The van der Waals surface area contributed by atoms with Gasteiger partial charge in [0.15, 0.2) is 4.96 Å². The Morgan fingerprint density at radius 1 is 1.33 bits per heavy atom. The van der Waals surface area contributed by atoms with Gasteiger partial charge in [0, 0.05) is 23.7 Å². The molecule has 1 fully saturated rings. The van der Waals surface area contributed by atoms with Crippen molar-refractivity contribution in [1.29, 1.82) is 0 Å². The van der Waals surface area contributed by atoms with Crippen LogP contribution in [0, 0.1) is 17.3 Å². The summed E-state index contributed by atoms with van der Waals surface area (Å²) in [4.78, 5) is 18.0. The molecule has 114 valence electrons. The highest BCUT2D eigenvalue weighted by molar-refractivity contribution is 7.15. The SMILES string of the molecule is CC(C)(C)C1CCC(C(=O)Cc2cn3ccsc3n2)CC1. The molecule has 0 aromatic carbocycles. The van der Waals surface area contributed by atoms with E-state index in [0.717, 1.165) is 29.4 Å². The van der Waals surface area contributed by atoms with Crippen LogP contribution >= 0.6 is 11.3 Å². The number of hydrogen-bond donors (Lipinski definition) is 0. The topological polar surface area (TPSA) is 34.4 Å². The van der Waals surface area contributed by atoms with E-state index in [2.05, 4.69) is 25.8 Å². The Morgan fingerprint density at radius 3 is 2.67 bits per heavy atom. The second-order valence-electron chi connectivity index (χ2n) is 7.38. The molecule has 2 aromatic heterocycles. The lowest BCUT2D eigenvalue weighted by Gasteiger charge is -2.36. The van der Waals surface area contributed by atoms with Crippen LogP contribution in [-0.4, -0.2) is 15.2 Å². The lowest BCUT2D eigenvalue weighted by molar-refractivity contribution is -0.123. The first-order valence-electron chi connectivity index (χ1n) is 7.87. The summed E-state index contributed by atoms with van der Waals surface area (Å²) in [5.41, 5.74) is 1.30. The molecule has 21 heavy (non-hydrogen) atoms. The first-order chi connectivity index (χ1) is 9.93. The zero-order valence-electron chi connectivity index (χ0n) is 13.1. The average Bonchev–Trinajstić information content (AvgIpc) is 2.98. The number of nitrogens with zero attached hydrogens (tertiary/aromatic N) is 2. The summed E-state index contributed by atoms with van der Waals surface area (Å²) in [5.74, 6) is 1.40. The van der Waals surface area contributed by atoms with Gasteiger partial charge >= 0.3 is 0 Å². The number of rotatable bonds is 3. The van der Waals surface area contributed by atoms with Crippen LogP contribution in [0.25, 0.3) is 4.96 Å². The molecule has 4 heteroatoms. The Kier molecular flexibility index (Phi) is 3.91. The number of hydrogen-bond acceptors (Lipinski definition) is 3. The summed E-state index contributed by atoms with van der Waals surface area (Å²) >= 11 is 1.61. The third kappa shape index (κ3) is 3.20. The van der Waals surface area contributed by atoms with E-state index in [1.807, 2.05) is 22.2 Å². The fourth-order valence-electron chi connectivity index (χ4n) is 3.47. The van der Waals surface area contributed by atoms with E-state index in [-0.39, 0.29) is 5.92 Å². The summed E-state index contributed by atoms with van der Waals surface area (Å²) < 4.78 is 2.00. The van der Waals surface area contributed by atoms with Gasteiger partial charge in [-0.05, 0) is 37.0 Å². The molecule has 1 aliphatic carbocycles. The third-order valence-electron chi connectivity index (χ3n) is 4.91. The normalized spacial score (nSPS) is 23.6. The largest absolute Gasteiger partial charge is 0.299 e. The Balaban J connectivity index is 1.58. The highest BCUT2D eigenvalue weighted by Gasteiger charge is 2.32. The van der Waals surface area contributed by atoms with Crippen molar-refractivity contribution in [1.82, 2.24) is 9.38 Å². The molecule has 1 aliphatic rings. The van der Waals surface area contributed by atoms with E-state index in [4.69, 9.17) is 0 Å². The van der Waals surface area contributed by atoms with Gasteiger partial charge in [0.05, 0.1) is 12.1 Å². The van der Waals surface area contributed by atoms with Crippen LogP contribution in [0.1, 0.15) is 52.1 Å². The number of fused-ring (bicyclic) bond motifs is 1. The summed E-state index contributed by atoms with van der Waals surface area (Å²) in [6, 6.07) is 0. The first kappa shape index (κ1) is 14.8. The van der Waals surface area contributed by atoms with Crippen LogP contribution in [0.2, 0.25) is 0 Å². The van der Waals surface area contributed by atoms with E-state index in [1.165, 1.54) is 12.8 Å². The number of thiazole rings is 1. The summed E-state index contributed by atoms with van der Waals surface area (Å²) in [7, 11) is 0. The fourth-order valence-corrected chi connectivity index (χ4v) is 4.18. The lowest BCUT2D eigenvalue weighted by Crippen LogP contribution is -2.29. The standard InChI is InChI=1S/C17H24N2OS/c1-17(2,3)13-6-4-12(5-7-13)15(20)10-14-11-19-8-9-21-16(19)18-14/h8-9,11-13H,4-7,10H2,1-3H3. The molecule has 0 spiro atoms. The van der Waals surface area contributed by atoms with Crippen LogP contribution in [0.4, 0.5) is 0 Å². The molecule has 3 nitrogen and oxygen atoms in total. The van der Waals surface area contributed by atoms with Gasteiger partial charge in [0.1, 0.15) is 5.78 Å². The molecule has 1 saturated carbocycles. The van der Waals surface area contributed by atoms with Crippen LogP contribution < -0.4 is 0 Å². The maximum atomic E-state index is 12.5. The van der Waals surface area contributed by atoms with E-state index in [1.54, 1.807) is 11.3 Å². The van der Waals surface area contributed by atoms with E-state index in [0.29, 0.717) is 17.6 Å². The molecular formula is C17H24N2OS. The number of imidazole rings is 1. The van der Waals surface area contributed by atoms with Gasteiger partial charge < -0.3 is 0 Å². The van der Waals surface area contributed by atoms with Crippen LogP contribution in [0.15, 0.2) is 17.8 Å². The molecule has 0 atom stereocenters. The van der Waals surface area contributed by atoms with Gasteiger partial charge in [-0.2, -0.15) is 0 Å². The second kappa shape index (κ2) is 5.56. The maximum absolute atomic E-state index is 12.5. The predicted molar refractivity (Wildman–Crippen MR) is 86.7 cm³/mol. The molecule has 0 N–H and O–H groups in total. The Hall–Kier alpha value is -1.16. The van der Waals surface area contributed by atoms with Gasteiger partial charge in [-0.3, -0.25) is 9.20 Å². The molecule has 0 bridgehead atoms. The molecule has 3 rings (SSSR count). The molecule has 0 unspecified atom stereocenters. The predicted octanol–water partition coefficient (Wildman–Crippen LogP) is 4.36. The van der Waals surface area contributed by atoms with Gasteiger partial charge in [-0.1, -0.05) is 20.8 Å². The van der Waals surface area contributed by atoms with Gasteiger partial charge in [-0.15, -0.1) is 11.3 Å². The van der Waals surface area contributed by atoms with Crippen molar-refractivity contribution in [2.75, 3.05) is 0 Å². The second-order valence-corrected chi connectivity index (χ2v) is 8.26. The Morgan fingerprint density at radius 2 is 2.05 bits per heavy atom. The maximum Gasteiger partial charge on any atom is 0.193 e. The third-order valence-corrected chi connectivity index (χ3v) is 5.68. The smallest absolute Gasteiger partial charge is 0.193 e. The van der Waals surface area contributed by atoms with E-state index in [9.17, 15) is 4.79 Å². The van der Waals surface area contributed by atoms with E-state index >= 15 is 0 Å². The first-order valence-corrected chi connectivity index (χ1v) is 8.75. The lowest BCUT2D eigenvalue weighted by atomic mass is 9.69. The molecule has 0 amide bonds. The highest BCUT2D eigenvalue weighted by atomic mass is 32.1. The van der Waals surface area contributed by atoms with Crippen molar-refractivity contribution in [3.8, 4) is 0 Å². The van der Waals surface area contributed by atoms with Crippen LogP contribution in [0.3, 0.4) is 0 Å². The Labute approximate surface area is 130 Å². The number of Topliss-reactive ketones (excluding diaryl/α,β-unsaturated/α-hetero) is 1. The van der Waals surface area contributed by atoms with Crippen LogP contribution in [0.5, 0.6) is 0 Å². The van der Waals surface area contributed by atoms with Gasteiger partial charge in [-0.25, -0.2) is 4.98 Å². The summed E-state index contributed by atoms with van der Waals surface area (Å²) in [6.45, 7) is 6.95. The van der Waals surface area contributed by atoms with Crippen molar-refractivity contribution in [2.45, 2.75) is 52.9 Å². The zero-order valence-corrected chi connectivity index (χ0v) is 13.9. The minimum atomic E-state index is 0.253. The fraction of sp³-hybridized carbons (Fsp3) is 0.647. The summed E-state index contributed by atoms with van der Waals surface area (Å²) in [6.07, 6.45) is 8.99. The number of carbonyl (C=O) groups is 1.